The largest absolute Gasteiger partial charge is 0.453 e. The summed E-state index contributed by atoms with van der Waals surface area (Å²) in [6.07, 6.45) is -7.95. The molecule has 3 fully saturated rings. The molecular weight excluding hydrogens is 1060 g/mol. The van der Waals surface area contributed by atoms with E-state index in [1.165, 1.54) is 24.3 Å². The van der Waals surface area contributed by atoms with Crippen molar-refractivity contribution in [2.45, 2.75) is 115 Å². The SMILES string of the molecule is COC(=O)NC(C(=O)N[C@@H](Cc1ccc(C#Cc2cnc(N3CC4CCC(C3)N4C3COC3)nc2)cc1)[C@@H](O)CN(Cc1ccc(C(N)=CC=NC(F)F)cc1)NC(=O)[C@@H](NC(=O)OC)C(C)(C)C(F)(F)F)C(C)(C)C(F)(F)F. The van der Waals surface area contributed by atoms with Crippen molar-refractivity contribution in [2.75, 3.05) is 52.0 Å². The number of hydrogen-bond donors (Lipinski definition) is 6. The zero-order valence-corrected chi connectivity index (χ0v) is 44.0. The lowest BCUT2D eigenvalue weighted by Gasteiger charge is -2.47. The number of carbonyl (C=O) groups is 4. The molecule has 3 aliphatic heterocycles. The fourth-order valence-corrected chi connectivity index (χ4v) is 9.17. The molecule has 3 aliphatic rings. The first kappa shape index (κ1) is 61.1. The molecule has 0 spiro atoms. The van der Waals surface area contributed by atoms with Crippen molar-refractivity contribution in [3.05, 3.63) is 94.8 Å². The summed E-state index contributed by atoms with van der Waals surface area (Å²) in [7, 11) is 1.72. The lowest BCUT2D eigenvalue weighted by atomic mass is 9.82. The molecule has 2 aromatic carbocycles. The number of aromatic nitrogens is 2. The number of aliphatic imine (C=N–C) groups is 1. The summed E-state index contributed by atoms with van der Waals surface area (Å²) in [5.74, 6) is 3.74. The number of nitrogens with one attached hydrogen (secondary N) is 4. The first-order valence-electron chi connectivity index (χ1n) is 24.9. The number of aliphatic hydroxyl groups excluding tert-OH is 1. The molecule has 3 aromatic rings. The lowest BCUT2D eigenvalue weighted by molar-refractivity contribution is -0.221. The molecule has 2 bridgehead atoms. The van der Waals surface area contributed by atoms with Crippen LogP contribution in [0.1, 0.15) is 68.4 Å². The number of rotatable bonds is 20. The van der Waals surface area contributed by atoms with Crippen LogP contribution < -0.4 is 32.0 Å². The van der Waals surface area contributed by atoms with Crippen LogP contribution in [0.25, 0.3) is 5.70 Å². The predicted octanol–water partition coefficient (Wildman–Crippen LogP) is 5.07. The Hall–Kier alpha value is -7.15. The number of piperazine rings is 1. The molecule has 19 nitrogen and oxygen atoms in total. The van der Waals surface area contributed by atoms with Gasteiger partial charge in [0.2, 0.25) is 11.9 Å². The van der Waals surface area contributed by atoms with Gasteiger partial charge in [0.25, 0.3) is 5.91 Å². The van der Waals surface area contributed by atoms with Gasteiger partial charge in [0.1, 0.15) is 12.1 Å². The van der Waals surface area contributed by atoms with Crippen LogP contribution in [0.15, 0.2) is 72.0 Å². The van der Waals surface area contributed by atoms with Gasteiger partial charge in [0.15, 0.2) is 0 Å². The first-order valence-corrected chi connectivity index (χ1v) is 24.9. The van der Waals surface area contributed by atoms with Crippen LogP contribution in [0.4, 0.5) is 50.7 Å². The number of allylic oxidation sites excluding steroid dienone is 1. The number of ether oxygens (including phenoxy) is 3. The summed E-state index contributed by atoms with van der Waals surface area (Å²) in [6.45, 7) is 1.47. The number of alkyl carbamates (subject to hydrolysis) is 2. The second-order valence-electron chi connectivity index (χ2n) is 20.4. The molecule has 430 valence electrons. The Kier molecular flexibility index (Phi) is 19.9. The van der Waals surface area contributed by atoms with Crippen molar-refractivity contribution in [1.82, 2.24) is 41.3 Å². The number of alkyl halides is 8. The molecule has 79 heavy (non-hydrogen) atoms. The van der Waals surface area contributed by atoms with Gasteiger partial charge in [-0.1, -0.05) is 48.2 Å². The van der Waals surface area contributed by atoms with E-state index in [1.807, 2.05) is 10.6 Å². The predicted molar refractivity (Wildman–Crippen MR) is 272 cm³/mol. The Morgan fingerprint density at radius 1 is 0.797 bits per heavy atom. The van der Waals surface area contributed by atoms with Gasteiger partial charge < -0.3 is 45.9 Å². The maximum Gasteiger partial charge on any atom is 0.407 e. The van der Waals surface area contributed by atoms with Gasteiger partial charge in [0, 0.05) is 68.1 Å². The van der Waals surface area contributed by atoms with Crippen molar-refractivity contribution in [3.8, 4) is 11.8 Å². The van der Waals surface area contributed by atoms with E-state index in [2.05, 4.69) is 56.8 Å². The number of hydrogen-bond acceptors (Lipinski definition) is 15. The molecule has 0 aliphatic carbocycles. The molecule has 4 amide bonds. The van der Waals surface area contributed by atoms with E-state index in [4.69, 9.17) is 10.5 Å². The Morgan fingerprint density at radius 3 is 1.81 bits per heavy atom. The number of anilines is 1. The number of carbonyl (C=O) groups excluding carboxylic acids is 4. The molecule has 0 saturated carbocycles. The quantitative estimate of drug-likeness (QED) is 0.0285. The van der Waals surface area contributed by atoms with Crippen molar-refractivity contribution >= 4 is 41.9 Å². The molecule has 0 radical (unpaired) electrons. The van der Waals surface area contributed by atoms with Gasteiger partial charge >= 0.3 is 31.1 Å². The molecule has 3 unspecified atom stereocenters. The normalized spacial score (nSPS) is 18.9. The number of nitrogens with two attached hydrogens (primary N) is 1. The van der Waals surface area contributed by atoms with Gasteiger partial charge in [-0.3, -0.25) is 19.9 Å². The third kappa shape index (κ3) is 15.6. The van der Waals surface area contributed by atoms with E-state index in [-0.39, 0.29) is 17.7 Å². The second-order valence-corrected chi connectivity index (χ2v) is 20.4. The summed E-state index contributed by atoms with van der Waals surface area (Å²) in [4.78, 5) is 69.7. The monoisotopic (exact) mass is 1120 g/mol. The molecule has 6 atom stereocenters. The zero-order valence-electron chi connectivity index (χ0n) is 44.0. The van der Waals surface area contributed by atoms with E-state index in [0.717, 1.165) is 70.7 Å². The minimum absolute atomic E-state index is 0.00120. The topological polar surface area (TPSA) is 238 Å². The molecule has 1 aromatic heterocycles. The summed E-state index contributed by atoms with van der Waals surface area (Å²) in [5, 5.41) is 19.2. The average molecular weight is 1120 g/mol. The maximum atomic E-state index is 14.6. The summed E-state index contributed by atoms with van der Waals surface area (Å²) in [6, 6.07) is 6.95. The number of fused-ring (bicyclic) bond motifs is 2. The molecule has 27 heteroatoms. The average Bonchev–Trinajstić information content (AvgIpc) is 3.75. The van der Waals surface area contributed by atoms with Crippen LogP contribution >= 0.6 is 0 Å². The minimum Gasteiger partial charge on any atom is -0.453 e. The van der Waals surface area contributed by atoms with Crippen LogP contribution in [0.2, 0.25) is 0 Å². The number of aliphatic hydroxyl groups is 1. The van der Waals surface area contributed by atoms with Gasteiger partial charge in [-0.05, 0) is 81.9 Å². The third-order valence-electron chi connectivity index (χ3n) is 14.2. The smallest absolute Gasteiger partial charge is 0.407 e. The van der Waals surface area contributed by atoms with Crippen LogP contribution in [-0.4, -0.2) is 164 Å². The van der Waals surface area contributed by atoms with Gasteiger partial charge in [0.05, 0.1) is 62.0 Å². The number of methoxy groups -OCH3 is 2. The number of hydrazine groups is 1. The van der Waals surface area contributed by atoms with E-state index in [1.54, 1.807) is 36.7 Å². The number of benzene rings is 2. The summed E-state index contributed by atoms with van der Waals surface area (Å²) < 4.78 is 127. The molecule has 4 heterocycles. The fraction of sp³-hybridized carbons (Fsp3) is 0.519. The van der Waals surface area contributed by atoms with Crippen LogP contribution in [0.3, 0.4) is 0 Å². The molecule has 7 N–H and O–H groups in total. The zero-order chi connectivity index (χ0) is 58.0. The van der Waals surface area contributed by atoms with Crippen molar-refractivity contribution < 1.29 is 73.6 Å². The minimum atomic E-state index is -5.11. The fourth-order valence-electron chi connectivity index (χ4n) is 9.17. The van der Waals surface area contributed by atoms with E-state index in [0.29, 0.717) is 74.0 Å². The van der Waals surface area contributed by atoms with Crippen molar-refractivity contribution in [1.29, 1.82) is 0 Å². The molecule has 3 saturated heterocycles. The highest BCUT2D eigenvalue weighted by molar-refractivity contribution is 5.87. The van der Waals surface area contributed by atoms with Gasteiger partial charge in [-0.15, -0.1) is 0 Å². The summed E-state index contributed by atoms with van der Waals surface area (Å²) in [5.41, 5.74) is 4.36. The van der Waals surface area contributed by atoms with Crippen LogP contribution in [-0.2, 0) is 36.8 Å². The Balaban J connectivity index is 1.28. The third-order valence-corrected chi connectivity index (χ3v) is 14.2. The van der Waals surface area contributed by atoms with Crippen LogP contribution in [0, 0.1) is 22.7 Å². The highest BCUT2D eigenvalue weighted by atomic mass is 19.4. The highest BCUT2D eigenvalue weighted by Gasteiger charge is 2.57. The Bertz CT molecular complexity index is 2700. The highest BCUT2D eigenvalue weighted by Crippen LogP contribution is 2.42. The van der Waals surface area contributed by atoms with Crippen LogP contribution in [0.5, 0.6) is 0 Å². The van der Waals surface area contributed by atoms with Crippen molar-refractivity contribution in [2.24, 2.45) is 21.6 Å². The summed E-state index contributed by atoms with van der Waals surface area (Å²) >= 11 is 0. The molecular formula is C52H63F8N11O8. The first-order chi connectivity index (χ1) is 37.1. The molecule has 6 rings (SSSR count). The second kappa shape index (κ2) is 25.8. The van der Waals surface area contributed by atoms with Gasteiger partial charge in [-0.25, -0.2) is 29.6 Å². The van der Waals surface area contributed by atoms with E-state index >= 15 is 0 Å². The Morgan fingerprint density at radius 2 is 1.32 bits per heavy atom. The number of amides is 4. The van der Waals surface area contributed by atoms with Gasteiger partial charge in [-0.2, -0.15) is 35.1 Å². The van der Waals surface area contributed by atoms with Crippen molar-refractivity contribution in [3.63, 3.8) is 0 Å². The number of nitrogens with zero attached hydrogens (tertiary/aromatic N) is 6. The lowest BCUT2D eigenvalue weighted by Crippen LogP contribution is -2.63. The maximum absolute atomic E-state index is 14.6. The Labute approximate surface area is 450 Å². The van der Waals surface area contributed by atoms with E-state index < -0.39 is 91.1 Å². The number of halogens is 8. The van der Waals surface area contributed by atoms with E-state index in [9.17, 15) is 59.4 Å². The standard InChI is InChI=1S/C52H63F8N11O8/c1-49(2,51(55,56)57)41(66-47(75)77-5)43(73)65-39(21-31-10-7-30(8-11-31)9-12-33-22-63-46(64-23-33)69-25-35-17-18-36(26-69)71(35)37-28-79-29-37)40(72)27-70(24-32-13-15-34(16-14-32)38(61)19-20-62-45(53)54)68-44(74)42(67-48(76)78-6)50(3,4)52(58,59)60/h7-8,10-11,13-16,19-20,22-23,35-37,39-42,45,72H,17-18,21,24-29,61H2,1-6H3,(H,65,73)(H,66,75)(H,67,76)(H,68,74)/t35?,36?,39-,40-,41?,42+/m0/s1.